The summed E-state index contributed by atoms with van der Waals surface area (Å²) in [4.78, 5) is 11.7. The molecule has 16 heavy (non-hydrogen) atoms. The fourth-order valence-corrected chi connectivity index (χ4v) is 1.18. The zero-order valence-corrected chi connectivity index (χ0v) is 10.4. The van der Waals surface area contributed by atoms with E-state index in [1.165, 1.54) is 0 Å². The standard InChI is InChI=1S/C12H18O4/c1-6-8-9(13)10(7(2)15-8)16-11(14)12(3,4)5/h13H,6H2,1-5H3. The van der Waals surface area contributed by atoms with Crippen molar-refractivity contribution in [1.29, 1.82) is 0 Å². The van der Waals surface area contributed by atoms with Gasteiger partial charge in [-0.1, -0.05) is 6.92 Å². The maximum atomic E-state index is 11.7. The van der Waals surface area contributed by atoms with Gasteiger partial charge in [-0.15, -0.1) is 0 Å². The summed E-state index contributed by atoms with van der Waals surface area (Å²) in [5.41, 5.74) is -0.609. The number of aryl methyl sites for hydroxylation is 2. The van der Waals surface area contributed by atoms with Crippen LogP contribution in [0.25, 0.3) is 0 Å². The van der Waals surface area contributed by atoms with Gasteiger partial charge in [0, 0.05) is 6.42 Å². The summed E-state index contributed by atoms with van der Waals surface area (Å²) in [6.45, 7) is 8.77. The van der Waals surface area contributed by atoms with Crippen LogP contribution in [0.4, 0.5) is 0 Å². The van der Waals surface area contributed by atoms with E-state index in [9.17, 15) is 9.90 Å². The van der Waals surface area contributed by atoms with Gasteiger partial charge in [-0.05, 0) is 27.7 Å². The second-order valence-electron chi connectivity index (χ2n) is 4.75. The Morgan fingerprint density at radius 2 is 2.00 bits per heavy atom. The van der Waals surface area contributed by atoms with E-state index in [1.54, 1.807) is 27.7 Å². The quantitative estimate of drug-likeness (QED) is 0.788. The lowest BCUT2D eigenvalue weighted by molar-refractivity contribution is -0.143. The number of hydrogen-bond donors (Lipinski definition) is 1. The summed E-state index contributed by atoms with van der Waals surface area (Å²) in [7, 11) is 0. The van der Waals surface area contributed by atoms with Crippen LogP contribution in [0.5, 0.6) is 11.5 Å². The Morgan fingerprint density at radius 1 is 1.44 bits per heavy atom. The number of carbonyl (C=O) groups excluding carboxylic acids is 1. The minimum atomic E-state index is -0.609. The Labute approximate surface area is 95.2 Å². The monoisotopic (exact) mass is 226 g/mol. The molecule has 0 unspecified atom stereocenters. The van der Waals surface area contributed by atoms with Crippen LogP contribution in [-0.2, 0) is 11.2 Å². The molecule has 0 radical (unpaired) electrons. The lowest BCUT2D eigenvalue weighted by Gasteiger charge is -2.15. The molecular formula is C12H18O4. The van der Waals surface area contributed by atoms with Crippen LogP contribution in [0.2, 0.25) is 0 Å². The fourth-order valence-electron chi connectivity index (χ4n) is 1.18. The molecule has 1 aromatic rings. The lowest BCUT2D eigenvalue weighted by atomic mass is 9.97. The highest BCUT2D eigenvalue weighted by molar-refractivity contribution is 5.78. The topological polar surface area (TPSA) is 59.7 Å². The summed E-state index contributed by atoms with van der Waals surface area (Å²) in [5.74, 6) is 0.532. The summed E-state index contributed by atoms with van der Waals surface area (Å²) in [5, 5.41) is 9.75. The van der Waals surface area contributed by atoms with Crippen molar-refractivity contribution < 1.29 is 19.1 Å². The van der Waals surface area contributed by atoms with Crippen molar-refractivity contribution in [2.24, 2.45) is 5.41 Å². The first-order valence-corrected chi connectivity index (χ1v) is 5.30. The van der Waals surface area contributed by atoms with Gasteiger partial charge in [0.05, 0.1) is 5.41 Å². The van der Waals surface area contributed by atoms with E-state index in [4.69, 9.17) is 9.15 Å². The number of esters is 1. The largest absolute Gasteiger partial charge is 0.502 e. The average Bonchev–Trinajstić information content (AvgIpc) is 2.43. The van der Waals surface area contributed by atoms with Gasteiger partial charge < -0.3 is 14.3 Å². The first-order valence-electron chi connectivity index (χ1n) is 5.30. The van der Waals surface area contributed by atoms with E-state index in [0.717, 1.165) is 0 Å². The molecule has 1 heterocycles. The van der Waals surface area contributed by atoms with Crippen molar-refractivity contribution in [1.82, 2.24) is 0 Å². The number of furan rings is 1. The molecule has 0 atom stereocenters. The Morgan fingerprint density at radius 3 is 2.38 bits per heavy atom. The highest BCUT2D eigenvalue weighted by atomic mass is 16.6. The molecule has 1 N–H and O–H groups in total. The molecule has 0 aromatic carbocycles. The summed E-state index contributed by atoms with van der Waals surface area (Å²) in [6, 6.07) is 0. The minimum Gasteiger partial charge on any atom is -0.502 e. The third-order valence-electron chi connectivity index (χ3n) is 2.20. The number of rotatable bonds is 2. The normalized spacial score (nSPS) is 11.6. The second-order valence-corrected chi connectivity index (χ2v) is 4.75. The van der Waals surface area contributed by atoms with Gasteiger partial charge in [0.2, 0.25) is 11.5 Å². The number of hydrogen-bond acceptors (Lipinski definition) is 4. The fraction of sp³-hybridized carbons (Fsp3) is 0.583. The van der Waals surface area contributed by atoms with E-state index in [2.05, 4.69) is 0 Å². The molecule has 0 saturated carbocycles. The number of ether oxygens (including phenoxy) is 1. The molecular weight excluding hydrogens is 208 g/mol. The summed E-state index contributed by atoms with van der Waals surface area (Å²) < 4.78 is 10.4. The molecule has 1 aromatic heterocycles. The predicted octanol–water partition coefficient (Wildman–Crippen LogP) is 2.81. The first-order chi connectivity index (χ1) is 7.27. The Bertz CT molecular complexity index is 396. The maximum Gasteiger partial charge on any atom is 0.316 e. The minimum absolute atomic E-state index is 0.0717. The molecule has 0 fully saturated rings. The molecule has 1 rings (SSSR count). The third kappa shape index (κ3) is 2.38. The van der Waals surface area contributed by atoms with Crippen LogP contribution in [0.15, 0.2) is 4.42 Å². The second kappa shape index (κ2) is 4.20. The van der Waals surface area contributed by atoms with Crippen LogP contribution in [-0.4, -0.2) is 11.1 Å². The first kappa shape index (κ1) is 12.6. The number of aromatic hydroxyl groups is 1. The zero-order chi connectivity index (χ0) is 12.5. The van der Waals surface area contributed by atoms with Crippen molar-refractivity contribution in [3.8, 4) is 11.5 Å². The summed E-state index contributed by atoms with van der Waals surface area (Å²) in [6.07, 6.45) is 0.555. The van der Waals surface area contributed by atoms with Gasteiger partial charge in [0.1, 0.15) is 11.5 Å². The van der Waals surface area contributed by atoms with Crippen LogP contribution in [0.1, 0.15) is 39.2 Å². The SMILES string of the molecule is CCc1oc(C)c(OC(=O)C(C)(C)C)c1O. The molecule has 0 bridgehead atoms. The van der Waals surface area contributed by atoms with Gasteiger partial charge in [0.25, 0.3) is 0 Å². The van der Waals surface area contributed by atoms with Gasteiger partial charge in [-0.2, -0.15) is 0 Å². The maximum absolute atomic E-state index is 11.7. The van der Waals surface area contributed by atoms with Gasteiger partial charge >= 0.3 is 5.97 Å². The van der Waals surface area contributed by atoms with Gasteiger partial charge in [-0.25, -0.2) is 0 Å². The van der Waals surface area contributed by atoms with Gasteiger partial charge in [0.15, 0.2) is 0 Å². The van der Waals surface area contributed by atoms with E-state index < -0.39 is 11.4 Å². The molecule has 0 spiro atoms. The molecule has 0 amide bonds. The Kier molecular flexibility index (Phi) is 3.31. The van der Waals surface area contributed by atoms with Crippen molar-refractivity contribution in [2.45, 2.75) is 41.0 Å². The summed E-state index contributed by atoms with van der Waals surface area (Å²) >= 11 is 0. The van der Waals surface area contributed by atoms with Crippen molar-refractivity contribution in [3.63, 3.8) is 0 Å². The van der Waals surface area contributed by atoms with E-state index >= 15 is 0 Å². The average molecular weight is 226 g/mol. The third-order valence-corrected chi connectivity index (χ3v) is 2.20. The highest BCUT2D eigenvalue weighted by Gasteiger charge is 2.27. The molecule has 4 nitrogen and oxygen atoms in total. The van der Waals surface area contributed by atoms with Crippen molar-refractivity contribution in [3.05, 3.63) is 11.5 Å². The smallest absolute Gasteiger partial charge is 0.316 e. The van der Waals surface area contributed by atoms with E-state index in [1.807, 2.05) is 6.92 Å². The van der Waals surface area contributed by atoms with Crippen molar-refractivity contribution in [2.75, 3.05) is 0 Å². The van der Waals surface area contributed by atoms with Crippen LogP contribution in [0, 0.1) is 12.3 Å². The number of carbonyl (C=O) groups is 1. The highest BCUT2D eigenvalue weighted by Crippen LogP contribution is 2.37. The van der Waals surface area contributed by atoms with E-state index in [-0.39, 0.29) is 11.5 Å². The molecule has 0 aliphatic heterocycles. The van der Waals surface area contributed by atoms with Crippen LogP contribution < -0.4 is 4.74 Å². The Hall–Kier alpha value is -1.45. The van der Waals surface area contributed by atoms with Crippen LogP contribution >= 0.6 is 0 Å². The van der Waals surface area contributed by atoms with E-state index in [0.29, 0.717) is 17.9 Å². The molecule has 0 aliphatic rings. The lowest BCUT2D eigenvalue weighted by Crippen LogP contribution is -2.25. The predicted molar refractivity (Wildman–Crippen MR) is 59.6 cm³/mol. The van der Waals surface area contributed by atoms with Crippen molar-refractivity contribution >= 4 is 5.97 Å². The zero-order valence-electron chi connectivity index (χ0n) is 10.4. The van der Waals surface area contributed by atoms with Gasteiger partial charge in [-0.3, -0.25) is 4.79 Å². The molecule has 90 valence electrons. The molecule has 0 aliphatic carbocycles. The Balaban J connectivity index is 2.98. The molecule has 4 heteroatoms. The van der Waals surface area contributed by atoms with Crippen LogP contribution in [0.3, 0.4) is 0 Å². The molecule has 0 saturated heterocycles.